The molecule has 3 aromatic carbocycles. The Balaban J connectivity index is 1.83. The van der Waals surface area contributed by atoms with Crippen LogP contribution in [0.25, 0.3) is 11.1 Å². The van der Waals surface area contributed by atoms with Crippen LogP contribution in [-0.4, -0.2) is 18.6 Å². The van der Waals surface area contributed by atoms with E-state index < -0.39 is 0 Å². The van der Waals surface area contributed by atoms with Gasteiger partial charge in [-0.05, 0) is 53.1 Å². The lowest BCUT2D eigenvalue weighted by atomic mass is 9.99. The number of aryl methyl sites for hydroxylation is 1. The molecular weight excluding hydrogens is 430 g/mol. The van der Waals surface area contributed by atoms with Gasteiger partial charge in [0.15, 0.2) is 0 Å². The molecule has 0 spiro atoms. The number of nitrogens with two attached hydrogens (primary N) is 1. The summed E-state index contributed by atoms with van der Waals surface area (Å²) in [6.45, 7) is 9.04. The van der Waals surface area contributed by atoms with Crippen LogP contribution in [0.4, 0.5) is 10.5 Å². The molecule has 0 aliphatic heterocycles. The first-order valence-electron chi connectivity index (χ1n) is 13.0. The van der Waals surface area contributed by atoms with Crippen molar-refractivity contribution in [2.45, 2.75) is 65.5 Å². The van der Waals surface area contributed by atoms with Crippen LogP contribution >= 0.6 is 0 Å². The number of hydrogen-bond donors (Lipinski definition) is 2. The van der Waals surface area contributed by atoms with E-state index >= 15 is 0 Å². The molecule has 3 rings (SSSR count). The Hall–Kier alpha value is -3.11. The molecule has 0 aliphatic carbocycles. The standard InChI is InChI=1S/C31H41N3O/c1-5-11-24-14-16-25(17-15-24)26-18-20-28(21-19-26)34(22-29(32)23(4)6-2)31(35)33-30(7-3)27-12-9-8-10-13-27/h8-10,12-21,23,29-30H,5-7,11,22,32H2,1-4H3,(H,33,35)/t23-,29+,30-/m0/s1. The van der Waals surface area contributed by atoms with E-state index in [4.69, 9.17) is 5.73 Å². The molecule has 0 aliphatic rings. The predicted octanol–water partition coefficient (Wildman–Crippen LogP) is 7.35. The summed E-state index contributed by atoms with van der Waals surface area (Å²) in [4.78, 5) is 15.3. The largest absolute Gasteiger partial charge is 0.331 e. The van der Waals surface area contributed by atoms with Gasteiger partial charge in [0.2, 0.25) is 0 Å². The average molecular weight is 472 g/mol. The Morgan fingerprint density at radius 3 is 2.00 bits per heavy atom. The molecule has 0 saturated heterocycles. The normalized spacial score (nSPS) is 13.6. The van der Waals surface area contributed by atoms with E-state index in [1.807, 2.05) is 30.3 Å². The van der Waals surface area contributed by atoms with E-state index in [1.165, 1.54) is 11.1 Å². The van der Waals surface area contributed by atoms with Gasteiger partial charge in [-0.15, -0.1) is 0 Å². The number of hydrogen-bond acceptors (Lipinski definition) is 2. The van der Waals surface area contributed by atoms with E-state index in [0.717, 1.165) is 42.5 Å². The van der Waals surface area contributed by atoms with Crippen LogP contribution in [0, 0.1) is 5.92 Å². The van der Waals surface area contributed by atoms with Gasteiger partial charge in [0.1, 0.15) is 0 Å². The van der Waals surface area contributed by atoms with Crippen molar-refractivity contribution in [2.24, 2.45) is 11.7 Å². The molecule has 0 fully saturated rings. The first-order chi connectivity index (χ1) is 17.0. The third kappa shape index (κ3) is 7.19. The SMILES string of the molecule is CCCc1ccc(-c2ccc(N(C[C@@H](N)[C@@H](C)CC)C(=O)N[C@@H](CC)c3ccccc3)cc2)cc1. The van der Waals surface area contributed by atoms with Crippen molar-refractivity contribution >= 4 is 11.7 Å². The zero-order valence-electron chi connectivity index (χ0n) is 21.7. The highest BCUT2D eigenvalue weighted by Crippen LogP contribution is 2.26. The van der Waals surface area contributed by atoms with Gasteiger partial charge in [0.25, 0.3) is 0 Å². The number of benzene rings is 3. The minimum atomic E-state index is -0.115. The number of nitrogens with one attached hydrogen (secondary N) is 1. The van der Waals surface area contributed by atoms with Gasteiger partial charge in [-0.3, -0.25) is 4.90 Å². The minimum Gasteiger partial charge on any atom is -0.331 e. The lowest BCUT2D eigenvalue weighted by Gasteiger charge is -2.30. The summed E-state index contributed by atoms with van der Waals surface area (Å²) in [5.41, 5.74) is 12.2. The fourth-order valence-electron chi connectivity index (χ4n) is 4.32. The summed E-state index contributed by atoms with van der Waals surface area (Å²) in [5, 5.41) is 3.24. The van der Waals surface area contributed by atoms with Crippen molar-refractivity contribution in [1.29, 1.82) is 0 Å². The highest BCUT2D eigenvalue weighted by molar-refractivity contribution is 5.92. The first kappa shape index (κ1) is 26.5. The molecular formula is C31H41N3O. The molecule has 3 aromatic rings. The summed E-state index contributed by atoms with van der Waals surface area (Å²) in [6.07, 6.45) is 4.04. The Morgan fingerprint density at radius 1 is 0.857 bits per heavy atom. The van der Waals surface area contributed by atoms with Crippen molar-refractivity contribution in [2.75, 3.05) is 11.4 Å². The van der Waals surface area contributed by atoms with Crippen LogP contribution in [0.5, 0.6) is 0 Å². The van der Waals surface area contributed by atoms with Crippen molar-refractivity contribution in [3.63, 3.8) is 0 Å². The van der Waals surface area contributed by atoms with Crippen molar-refractivity contribution in [1.82, 2.24) is 5.32 Å². The monoisotopic (exact) mass is 471 g/mol. The zero-order chi connectivity index (χ0) is 25.2. The lowest BCUT2D eigenvalue weighted by Crippen LogP contribution is -2.49. The van der Waals surface area contributed by atoms with Crippen LogP contribution in [0.1, 0.15) is 64.1 Å². The molecule has 186 valence electrons. The van der Waals surface area contributed by atoms with Crippen LogP contribution in [-0.2, 0) is 6.42 Å². The van der Waals surface area contributed by atoms with Gasteiger partial charge in [0, 0.05) is 18.3 Å². The number of carbonyl (C=O) groups excluding carboxylic acids is 1. The van der Waals surface area contributed by atoms with Gasteiger partial charge in [-0.2, -0.15) is 0 Å². The smallest absolute Gasteiger partial charge is 0.322 e. The molecule has 35 heavy (non-hydrogen) atoms. The fourth-order valence-corrected chi connectivity index (χ4v) is 4.32. The lowest BCUT2D eigenvalue weighted by molar-refractivity contribution is 0.241. The van der Waals surface area contributed by atoms with Gasteiger partial charge < -0.3 is 11.1 Å². The number of anilines is 1. The molecule has 0 unspecified atom stereocenters. The molecule has 2 amide bonds. The summed E-state index contributed by atoms with van der Waals surface area (Å²) in [5.74, 6) is 0.322. The van der Waals surface area contributed by atoms with Gasteiger partial charge in [0.05, 0.1) is 6.04 Å². The fraction of sp³-hybridized carbons (Fsp3) is 0.387. The third-order valence-electron chi connectivity index (χ3n) is 6.93. The highest BCUT2D eigenvalue weighted by Gasteiger charge is 2.24. The molecule has 0 heterocycles. The van der Waals surface area contributed by atoms with Crippen LogP contribution in [0.2, 0.25) is 0 Å². The molecule has 0 bridgehead atoms. The molecule has 3 N–H and O–H groups in total. The van der Waals surface area contributed by atoms with E-state index in [1.54, 1.807) is 4.90 Å². The Bertz CT molecular complexity index is 1030. The van der Waals surface area contributed by atoms with Gasteiger partial charge in [-0.1, -0.05) is 107 Å². The maximum Gasteiger partial charge on any atom is 0.322 e. The molecule has 0 saturated carbocycles. The Morgan fingerprint density at radius 2 is 1.46 bits per heavy atom. The highest BCUT2D eigenvalue weighted by atomic mass is 16.2. The average Bonchev–Trinajstić information content (AvgIpc) is 2.91. The molecule has 3 atom stereocenters. The second-order valence-electron chi connectivity index (χ2n) is 9.47. The van der Waals surface area contributed by atoms with Crippen LogP contribution < -0.4 is 16.0 Å². The second-order valence-corrected chi connectivity index (χ2v) is 9.47. The number of rotatable bonds is 11. The van der Waals surface area contributed by atoms with E-state index in [-0.39, 0.29) is 18.1 Å². The maximum atomic E-state index is 13.5. The molecule has 4 nitrogen and oxygen atoms in total. The van der Waals surface area contributed by atoms with E-state index in [2.05, 4.69) is 81.5 Å². The van der Waals surface area contributed by atoms with Gasteiger partial charge >= 0.3 is 6.03 Å². The summed E-state index contributed by atoms with van der Waals surface area (Å²) in [7, 11) is 0. The Labute approximate surface area is 211 Å². The van der Waals surface area contributed by atoms with E-state index in [9.17, 15) is 4.79 Å². The molecule has 4 heteroatoms. The summed E-state index contributed by atoms with van der Waals surface area (Å²) in [6, 6.07) is 26.9. The number of carbonyl (C=O) groups is 1. The van der Waals surface area contributed by atoms with Crippen LogP contribution in [0.3, 0.4) is 0 Å². The Kier molecular flexibility index (Phi) is 9.92. The van der Waals surface area contributed by atoms with Gasteiger partial charge in [-0.25, -0.2) is 4.79 Å². The summed E-state index contributed by atoms with van der Waals surface area (Å²) < 4.78 is 0. The quantitative estimate of drug-likeness (QED) is 0.307. The second kappa shape index (κ2) is 13.1. The third-order valence-corrected chi connectivity index (χ3v) is 6.93. The first-order valence-corrected chi connectivity index (χ1v) is 13.0. The van der Waals surface area contributed by atoms with Crippen LogP contribution in [0.15, 0.2) is 78.9 Å². The molecule has 0 radical (unpaired) electrons. The van der Waals surface area contributed by atoms with Crippen molar-refractivity contribution in [3.05, 3.63) is 90.0 Å². The number of amides is 2. The number of urea groups is 1. The number of nitrogens with zero attached hydrogens (tertiary/aromatic N) is 1. The van der Waals surface area contributed by atoms with E-state index in [0.29, 0.717) is 12.5 Å². The van der Waals surface area contributed by atoms with Crippen molar-refractivity contribution in [3.8, 4) is 11.1 Å². The summed E-state index contributed by atoms with van der Waals surface area (Å²) >= 11 is 0. The topological polar surface area (TPSA) is 58.4 Å². The predicted molar refractivity (Wildman–Crippen MR) is 149 cm³/mol. The molecule has 0 aromatic heterocycles. The zero-order valence-corrected chi connectivity index (χ0v) is 21.7. The van der Waals surface area contributed by atoms with Crippen molar-refractivity contribution < 1.29 is 4.79 Å². The minimum absolute atomic E-state index is 0.0491. The maximum absolute atomic E-state index is 13.5.